The third-order valence-electron chi connectivity index (χ3n) is 4.15. The molecule has 1 aliphatic rings. The zero-order chi connectivity index (χ0) is 20.8. The summed E-state index contributed by atoms with van der Waals surface area (Å²) in [6.07, 6.45) is 2.12. The minimum absolute atomic E-state index is 0.00781. The second-order valence-electron chi connectivity index (χ2n) is 7.08. The van der Waals surface area contributed by atoms with Crippen LogP contribution in [-0.4, -0.2) is 44.7 Å². The Labute approximate surface area is 174 Å². The molecule has 2 amide bonds. The van der Waals surface area contributed by atoms with Crippen molar-refractivity contribution in [2.45, 2.75) is 39.7 Å². The highest BCUT2D eigenvalue weighted by atomic mass is 32.2. The van der Waals surface area contributed by atoms with Gasteiger partial charge in [-0.15, -0.1) is 0 Å². The smallest absolute Gasteiger partial charge is 0.326 e. The molecule has 1 heterocycles. The van der Waals surface area contributed by atoms with E-state index in [2.05, 4.69) is 5.32 Å². The Hall–Kier alpha value is -2.19. The number of amides is 2. The van der Waals surface area contributed by atoms with Gasteiger partial charge in [0, 0.05) is 13.0 Å². The van der Waals surface area contributed by atoms with Crippen LogP contribution < -0.4 is 5.32 Å². The van der Waals surface area contributed by atoms with Crippen LogP contribution in [-0.2, 0) is 14.4 Å². The summed E-state index contributed by atoms with van der Waals surface area (Å²) >= 11 is 6.47. The Morgan fingerprint density at radius 2 is 1.93 bits per heavy atom. The lowest BCUT2D eigenvalue weighted by Gasteiger charge is -2.18. The van der Waals surface area contributed by atoms with Crippen molar-refractivity contribution in [1.29, 1.82) is 0 Å². The van der Waals surface area contributed by atoms with Crippen molar-refractivity contribution < 1.29 is 19.5 Å². The normalized spacial score (nSPS) is 16.7. The van der Waals surface area contributed by atoms with Gasteiger partial charge in [-0.3, -0.25) is 14.5 Å². The van der Waals surface area contributed by atoms with E-state index in [0.717, 1.165) is 11.1 Å². The number of carboxylic acids is 1. The molecule has 0 radical (unpaired) electrons. The number of carbonyl (C=O) groups is 3. The molecule has 1 atom stereocenters. The van der Waals surface area contributed by atoms with E-state index in [1.54, 1.807) is 6.08 Å². The summed E-state index contributed by atoms with van der Waals surface area (Å²) in [5.74, 6) is -1.57. The lowest BCUT2D eigenvalue weighted by Crippen LogP contribution is -2.43. The van der Waals surface area contributed by atoms with Gasteiger partial charge in [0.15, 0.2) is 0 Å². The summed E-state index contributed by atoms with van der Waals surface area (Å²) < 4.78 is 0.396. The number of nitrogens with zero attached hydrogens (tertiary/aromatic N) is 1. The van der Waals surface area contributed by atoms with Crippen LogP contribution in [0.4, 0.5) is 0 Å². The number of thiocarbonyl (C=S) groups is 1. The Morgan fingerprint density at radius 3 is 2.50 bits per heavy atom. The Morgan fingerprint density at radius 1 is 1.29 bits per heavy atom. The van der Waals surface area contributed by atoms with Gasteiger partial charge in [0.05, 0.1) is 4.91 Å². The topological polar surface area (TPSA) is 86.7 Å². The fourth-order valence-corrected chi connectivity index (χ4v) is 3.99. The predicted octanol–water partition coefficient (Wildman–Crippen LogP) is 3.20. The van der Waals surface area contributed by atoms with Crippen molar-refractivity contribution in [2.75, 3.05) is 6.54 Å². The summed E-state index contributed by atoms with van der Waals surface area (Å²) in [4.78, 5) is 37.9. The quantitative estimate of drug-likeness (QED) is 0.496. The minimum Gasteiger partial charge on any atom is -0.480 e. The van der Waals surface area contributed by atoms with E-state index in [-0.39, 0.29) is 24.8 Å². The highest BCUT2D eigenvalue weighted by Crippen LogP contribution is 2.32. The lowest BCUT2D eigenvalue weighted by atomic mass is 10.0. The average Bonchev–Trinajstić information content (AvgIpc) is 2.87. The number of hydrogen-bond donors (Lipinski definition) is 2. The van der Waals surface area contributed by atoms with Gasteiger partial charge >= 0.3 is 5.97 Å². The third kappa shape index (κ3) is 6.17. The standard InChI is InChI=1S/C20H24N2O4S2/c1-12(2)10-15(19(25)26)21-17(23)8-9-22-18(24)16(28-20(22)27)11-14-6-4-13(3)5-7-14/h4-7,11-12,15H,8-10H2,1-3H3,(H,21,23)(H,25,26)/b16-11+/t15-/m1/s1. The first-order chi connectivity index (χ1) is 13.2. The summed E-state index contributed by atoms with van der Waals surface area (Å²) in [6.45, 7) is 5.89. The number of carboxylic acid groups (broad SMARTS) is 1. The van der Waals surface area contributed by atoms with E-state index in [1.165, 1.54) is 16.7 Å². The van der Waals surface area contributed by atoms with Crippen LogP contribution in [0, 0.1) is 12.8 Å². The predicted molar refractivity (Wildman–Crippen MR) is 115 cm³/mol. The molecule has 0 aliphatic carbocycles. The van der Waals surface area contributed by atoms with E-state index >= 15 is 0 Å². The van der Waals surface area contributed by atoms with Gasteiger partial charge in [-0.1, -0.05) is 67.7 Å². The van der Waals surface area contributed by atoms with E-state index in [4.69, 9.17) is 12.2 Å². The van der Waals surface area contributed by atoms with Crippen LogP contribution >= 0.6 is 24.0 Å². The molecule has 1 saturated heterocycles. The Balaban J connectivity index is 1.96. The third-order valence-corrected chi connectivity index (χ3v) is 5.53. The zero-order valence-electron chi connectivity index (χ0n) is 16.1. The fraction of sp³-hybridized carbons (Fsp3) is 0.400. The highest BCUT2D eigenvalue weighted by molar-refractivity contribution is 8.26. The molecule has 2 N–H and O–H groups in total. The maximum absolute atomic E-state index is 12.6. The maximum Gasteiger partial charge on any atom is 0.326 e. The van der Waals surface area contributed by atoms with Crippen molar-refractivity contribution >= 4 is 52.2 Å². The molecular weight excluding hydrogens is 396 g/mol. The molecule has 0 spiro atoms. The second-order valence-corrected chi connectivity index (χ2v) is 8.76. The molecule has 1 aromatic rings. The molecule has 0 unspecified atom stereocenters. The maximum atomic E-state index is 12.6. The molecular formula is C20H24N2O4S2. The lowest BCUT2D eigenvalue weighted by molar-refractivity contribution is -0.142. The first-order valence-electron chi connectivity index (χ1n) is 9.01. The van der Waals surface area contributed by atoms with Gasteiger partial charge in [-0.2, -0.15) is 0 Å². The van der Waals surface area contributed by atoms with E-state index < -0.39 is 17.9 Å². The summed E-state index contributed by atoms with van der Waals surface area (Å²) in [5, 5.41) is 11.7. The summed E-state index contributed by atoms with van der Waals surface area (Å²) in [7, 11) is 0. The number of nitrogens with one attached hydrogen (secondary N) is 1. The highest BCUT2D eigenvalue weighted by Gasteiger charge is 2.32. The van der Waals surface area contributed by atoms with Gasteiger partial charge < -0.3 is 10.4 Å². The number of aryl methyl sites for hydroxylation is 1. The number of carbonyl (C=O) groups excluding carboxylic acids is 2. The molecule has 8 heteroatoms. The molecule has 2 rings (SSSR count). The molecule has 1 aliphatic heterocycles. The Kier molecular flexibility index (Phi) is 7.77. The van der Waals surface area contributed by atoms with Gasteiger partial charge in [0.1, 0.15) is 10.4 Å². The van der Waals surface area contributed by atoms with Gasteiger partial charge in [0.2, 0.25) is 5.91 Å². The van der Waals surface area contributed by atoms with Crippen molar-refractivity contribution in [3.8, 4) is 0 Å². The molecule has 0 bridgehead atoms. The molecule has 0 saturated carbocycles. The minimum atomic E-state index is -1.06. The van der Waals surface area contributed by atoms with Crippen LogP contribution in [0.15, 0.2) is 29.2 Å². The van der Waals surface area contributed by atoms with Crippen molar-refractivity contribution in [2.24, 2.45) is 5.92 Å². The molecule has 1 fully saturated rings. The van der Waals surface area contributed by atoms with Crippen molar-refractivity contribution in [3.05, 3.63) is 40.3 Å². The van der Waals surface area contributed by atoms with Crippen molar-refractivity contribution in [3.63, 3.8) is 0 Å². The number of aliphatic carboxylic acids is 1. The van der Waals surface area contributed by atoms with E-state index in [9.17, 15) is 19.5 Å². The molecule has 6 nitrogen and oxygen atoms in total. The van der Waals surface area contributed by atoms with Crippen LogP contribution in [0.1, 0.15) is 37.8 Å². The number of hydrogen-bond acceptors (Lipinski definition) is 5. The summed E-state index contributed by atoms with van der Waals surface area (Å²) in [5.41, 5.74) is 2.04. The number of thioether (sulfide) groups is 1. The SMILES string of the molecule is Cc1ccc(/C=C2/SC(=S)N(CCC(=O)N[C@H](CC(C)C)C(=O)O)C2=O)cc1. The van der Waals surface area contributed by atoms with Gasteiger partial charge in [-0.05, 0) is 30.9 Å². The van der Waals surface area contributed by atoms with Crippen molar-refractivity contribution in [1.82, 2.24) is 10.2 Å². The number of benzene rings is 1. The van der Waals surface area contributed by atoms with Crippen LogP contribution in [0.5, 0.6) is 0 Å². The molecule has 150 valence electrons. The Bertz CT molecular complexity index is 803. The van der Waals surface area contributed by atoms with Crippen LogP contribution in [0.2, 0.25) is 0 Å². The first kappa shape index (κ1) is 22.1. The monoisotopic (exact) mass is 420 g/mol. The van der Waals surface area contributed by atoms with Crippen LogP contribution in [0.25, 0.3) is 6.08 Å². The van der Waals surface area contributed by atoms with Crippen LogP contribution in [0.3, 0.4) is 0 Å². The van der Waals surface area contributed by atoms with Gasteiger partial charge in [-0.25, -0.2) is 4.79 Å². The van der Waals surface area contributed by atoms with Gasteiger partial charge in [0.25, 0.3) is 5.91 Å². The molecule has 1 aromatic carbocycles. The first-order valence-corrected chi connectivity index (χ1v) is 10.2. The summed E-state index contributed by atoms with van der Waals surface area (Å²) in [6, 6.07) is 6.85. The van der Waals surface area contributed by atoms with E-state index in [0.29, 0.717) is 15.6 Å². The largest absolute Gasteiger partial charge is 0.480 e. The number of rotatable bonds is 8. The zero-order valence-corrected chi connectivity index (χ0v) is 17.7. The molecule has 0 aromatic heterocycles. The second kappa shape index (κ2) is 9.84. The fourth-order valence-electron chi connectivity index (χ4n) is 2.68. The average molecular weight is 421 g/mol. The van der Waals surface area contributed by atoms with E-state index in [1.807, 2.05) is 45.0 Å². The molecule has 28 heavy (non-hydrogen) atoms.